The standard InChI is InChI=1S/C20H29N5O2/c1-15-13-18(24-20(23-15)22-10-6-12-25(2)3)19(26)21-11-9-16-7-5-8-17(14-16)27-4/h5,7-8,13-14H,6,9-12H2,1-4H3,(H,21,26)(H,22,23,24). The summed E-state index contributed by atoms with van der Waals surface area (Å²) in [5, 5.41) is 6.11. The molecule has 7 heteroatoms. The van der Waals surface area contributed by atoms with Crippen LogP contribution in [0.4, 0.5) is 5.95 Å². The van der Waals surface area contributed by atoms with Crippen LogP contribution in [-0.4, -0.2) is 61.6 Å². The number of hydrogen-bond donors (Lipinski definition) is 2. The number of methoxy groups -OCH3 is 1. The van der Waals surface area contributed by atoms with Gasteiger partial charge in [-0.05, 0) is 64.2 Å². The van der Waals surface area contributed by atoms with Crippen LogP contribution >= 0.6 is 0 Å². The van der Waals surface area contributed by atoms with Gasteiger partial charge >= 0.3 is 0 Å². The molecular weight excluding hydrogens is 342 g/mol. The van der Waals surface area contributed by atoms with E-state index in [0.717, 1.165) is 42.9 Å². The SMILES string of the molecule is COc1cccc(CCNC(=O)c2cc(C)nc(NCCCN(C)C)n2)c1. The summed E-state index contributed by atoms with van der Waals surface area (Å²) in [5.74, 6) is 1.11. The molecule has 0 saturated heterocycles. The maximum Gasteiger partial charge on any atom is 0.270 e. The normalized spacial score (nSPS) is 10.7. The smallest absolute Gasteiger partial charge is 0.270 e. The lowest BCUT2D eigenvalue weighted by molar-refractivity contribution is 0.0949. The van der Waals surface area contributed by atoms with E-state index >= 15 is 0 Å². The molecule has 0 aliphatic rings. The summed E-state index contributed by atoms with van der Waals surface area (Å²) in [6.07, 6.45) is 1.70. The van der Waals surface area contributed by atoms with E-state index in [4.69, 9.17) is 4.74 Å². The van der Waals surface area contributed by atoms with Crippen LogP contribution in [0, 0.1) is 6.92 Å². The number of aryl methyl sites for hydroxylation is 1. The van der Waals surface area contributed by atoms with Crippen LogP contribution in [0.5, 0.6) is 5.75 Å². The Balaban J connectivity index is 1.87. The molecular formula is C20H29N5O2. The Morgan fingerprint density at radius 2 is 2.00 bits per heavy atom. The number of aromatic nitrogens is 2. The van der Waals surface area contributed by atoms with Gasteiger partial charge in [0.1, 0.15) is 11.4 Å². The van der Waals surface area contributed by atoms with Gasteiger partial charge in [0.15, 0.2) is 0 Å². The van der Waals surface area contributed by atoms with Crippen molar-refractivity contribution in [3.8, 4) is 5.75 Å². The molecule has 7 nitrogen and oxygen atoms in total. The van der Waals surface area contributed by atoms with Crippen LogP contribution in [0.2, 0.25) is 0 Å². The molecule has 0 aliphatic carbocycles. The van der Waals surface area contributed by atoms with Crippen LogP contribution in [-0.2, 0) is 6.42 Å². The van der Waals surface area contributed by atoms with Gasteiger partial charge in [0.2, 0.25) is 5.95 Å². The number of hydrogen-bond acceptors (Lipinski definition) is 6. The Hall–Kier alpha value is -2.67. The zero-order valence-corrected chi connectivity index (χ0v) is 16.6. The van der Waals surface area contributed by atoms with E-state index < -0.39 is 0 Å². The van der Waals surface area contributed by atoms with E-state index in [2.05, 4.69) is 25.5 Å². The number of carbonyl (C=O) groups is 1. The molecule has 0 unspecified atom stereocenters. The fourth-order valence-corrected chi connectivity index (χ4v) is 2.60. The molecule has 0 radical (unpaired) electrons. The molecule has 2 rings (SSSR count). The Labute approximate surface area is 161 Å². The van der Waals surface area contributed by atoms with Crippen molar-refractivity contribution in [2.24, 2.45) is 0 Å². The number of anilines is 1. The van der Waals surface area contributed by atoms with Gasteiger partial charge in [-0.25, -0.2) is 9.97 Å². The summed E-state index contributed by atoms with van der Waals surface area (Å²) < 4.78 is 5.22. The van der Waals surface area contributed by atoms with E-state index in [1.165, 1.54) is 0 Å². The van der Waals surface area contributed by atoms with Crippen LogP contribution in [0.1, 0.15) is 28.2 Å². The minimum atomic E-state index is -0.195. The van der Waals surface area contributed by atoms with Crippen LogP contribution in [0.25, 0.3) is 0 Å². The molecule has 27 heavy (non-hydrogen) atoms. The van der Waals surface area contributed by atoms with Crippen LogP contribution < -0.4 is 15.4 Å². The molecule has 1 aromatic carbocycles. The van der Waals surface area contributed by atoms with Crippen molar-refractivity contribution >= 4 is 11.9 Å². The Morgan fingerprint density at radius 3 is 2.74 bits per heavy atom. The van der Waals surface area contributed by atoms with Gasteiger partial charge in [0.25, 0.3) is 5.91 Å². The largest absolute Gasteiger partial charge is 0.497 e. The fourth-order valence-electron chi connectivity index (χ4n) is 2.60. The molecule has 1 heterocycles. The Kier molecular flexibility index (Phi) is 8.00. The van der Waals surface area contributed by atoms with Crippen molar-refractivity contribution in [1.29, 1.82) is 0 Å². The summed E-state index contributed by atoms with van der Waals surface area (Å²) in [7, 11) is 5.72. The van der Waals surface area contributed by atoms with Gasteiger partial charge in [0, 0.05) is 18.8 Å². The minimum absolute atomic E-state index is 0.195. The predicted molar refractivity (Wildman–Crippen MR) is 107 cm³/mol. The third-order valence-electron chi connectivity index (χ3n) is 3.99. The van der Waals surface area contributed by atoms with Gasteiger partial charge in [-0.2, -0.15) is 0 Å². The third kappa shape index (κ3) is 7.22. The second kappa shape index (κ2) is 10.5. The van der Waals surface area contributed by atoms with E-state index in [9.17, 15) is 4.79 Å². The lowest BCUT2D eigenvalue weighted by Gasteiger charge is -2.11. The first-order chi connectivity index (χ1) is 13.0. The summed E-state index contributed by atoms with van der Waals surface area (Å²) in [6, 6.07) is 9.53. The minimum Gasteiger partial charge on any atom is -0.497 e. The van der Waals surface area contributed by atoms with Crippen molar-refractivity contribution < 1.29 is 9.53 Å². The molecule has 1 amide bonds. The Bertz CT molecular complexity index is 749. The predicted octanol–water partition coefficient (Wildman–Crippen LogP) is 2.13. The summed E-state index contributed by atoms with van der Waals surface area (Å²) in [4.78, 5) is 23.2. The number of benzene rings is 1. The van der Waals surface area contributed by atoms with Crippen LogP contribution in [0.3, 0.4) is 0 Å². The van der Waals surface area contributed by atoms with Crippen LogP contribution in [0.15, 0.2) is 30.3 Å². The monoisotopic (exact) mass is 371 g/mol. The zero-order chi connectivity index (χ0) is 19.6. The maximum atomic E-state index is 12.4. The van der Waals surface area contributed by atoms with Gasteiger partial charge in [0.05, 0.1) is 7.11 Å². The van der Waals surface area contributed by atoms with E-state index in [1.807, 2.05) is 45.3 Å². The molecule has 2 N–H and O–H groups in total. The first kappa shape index (κ1) is 20.6. The highest BCUT2D eigenvalue weighted by atomic mass is 16.5. The molecule has 0 fully saturated rings. The topological polar surface area (TPSA) is 79.4 Å². The summed E-state index contributed by atoms with van der Waals surface area (Å²) in [5.41, 5.74) is 2.25. The average molecular weight is 371 g/mol. The first-order valence-electron chi connectivity index (χ1n) is 9.13. The molecule has 2 aromatic rings. The lowest BCUT2D eigenvalue weighted by Crippen LogP contribution is -2.27. The Morgan fingerprint density at radius 1 is 1.19 bits per heavy atom. The molecule has 0 bridgehead atoms. The van der Waals surface area contributed by atoms with E-state index in [0.29, 0.717) is 18.2 Å². The number of amides is 1. The zero-order valence-electron chi connectivity index (χ0n) is 16.6. The van der Waals surface area contributed by atoms with Crippen molar-refractivity contribution in [1.82, 2.24) is 20.2 Å². The fraction of sp³-hybridized carbons (Fsp3) is 0.450. The highest BCUT2D eigenvalue weighted by Gasteiger charge is 2.10. The second-order valence-electron chi connectivity index (χ2n) is 6.66. The third-order valence-corrected chi connectivity index (χ3v) is 3.99. The highest BCUT2D eigenvalue weighted by Crippen LogP contribution is 2.12. The summed E-state index contributed by atoms with van der Waals surface area (Å²) in [6.45, 7) is 4.13. The van der Waals surface area contributed by atoms with Crippen molar-refractivity contribution in [2.45, 2.75) is 19.8 Å². The molecule has 0 aliphatic heterocycles. The number of carbonyl (C=O) groups excluding carboxylic acids is 1. The summed E-state index contributed by atoms with van der Waals surface area (Å²) >= 11 is 0. The van der Waals surface area contributed by atoms with Gasteiger partial charge in [-0.3, -0.25) is 4.79 Å². The lowest BCUT2D eigenvalue weighted by atomic mass is 10.1. The average Bonchev–Trinajstić information content (AvgIpc) is 2.65. The molecule has 1 aromatic heterocycles. The van der Waals surface area contributed by atoms with E-state index in [-0.39, 0.29) is 5.91 Å². The first-order valence-corrected chi connectivity index (χ1v) is 9.13. The van der Waals surface area contributed by atoms with Gasteiger partial charge in [-0.15, -0.1) is 0 Å². The maximum absolute atomic E-state index is 12.4. The van der Waals surface area contributed by atoms with Crippen molar-refractivity contribution in [2.75, 3.05) is 46.2 Å². The second-order valence-corrected chi connectivity index (χ2v) is 6.66. The van der Waals surface area contributed by atoms with Gasteiger partial charge < -0.3 is 20.3 Å². The van der Waals surface area contributed by atoms with Crippen molar-refractivity contribution in [3.63, 3.8) is 0 Å². The number of nitrogens with one attached hydrogen (secondary N) is 2. The quantitative estimate of drug-likeness (QED) is 0.623. The number of ether oxygens (including phenoxy) is 1. The van der Waals surface area contributed by atoms with Crippen molar-refractivity contribution in [3.05, 3.63) is 47.3 Å². The number of nitrogens with zero attached hydrogens (tertiary/aromatic N) is 3. The van der Waals surface area contributed by atoms with E-state index in [1.54, 1.807) is 13.2 Å². The molecule has 0 spiro atoms. The molecule has 146 valence electrons. The number of rotatable bonds is 10. The molecule has 0 atom stereocenters. The van der Waals surface area contributed by atoms with Gasteiger partial charge in [-0.1, -0.05) is 12.1 Å². The molecule has 0 saturated carbocycles. The highest BCUT2D eigenvalue weighted by molar-refractivity contribution is 5.92.